The Morgan fingerprint density at radius 2 is 1.97 bits per heavy atom. The first-order chi connectivity index (χ1) is 16.0. The second-order valence-corrected chi connectivity index (χ2v) is 7.93. The second-order valence-electron chi connectivity index (χ2n) is 7.93. The molecule has 1 saturated heterocycles. The summed E-state index contributed by atoms with van der Waals surface area (Å²) in [6.45, 7) is 7.25. The van der Waals surface area contributed by atoms with E-state index in [1.54, 1.807) is 38.4 Å². The van der Waals surface area contributed by atoms with E-state index < -0.39 is 16.8 Å². The maximum atomic E-state index is 13.0. The summed E-state index contributed by atoms with van der Waals surface area (Å²) in [5, 5.41) is 14.7. The van der Waals surface area contributed by atoms with Crippen LogP contribution in [0.25, 0.3) is 0 Å². The van der Waals surface area contributed by atoms with Gasteiger partial charge in [-0.15, -0.1) is 0 Å². The van der Waals surface area contributed by atoms with Gasteiger partial charge in [-0.1, -0.05) is 0 Å². The minimum Gasteiger partial charge on any atom is -0.472 e. The Balaban J connectivity index is 1.37. The molecule has 1 N–H and O–H groups in total. The fourth-order valence-corrected chi connectivity index (χ4v) is 4.23. The summed E-state index contributed by atoms with van der Waals surface area (Å²) >= 11 is 0. The molecule has 0 amide bonds. The first kappa shape index (κ1) is 22.5. The van der Waals surface area contributed by atoms with Gasteiger partial charge in [0.2, 0.25) is 5.95 Å². The van der Waals surface area contributed by atoms with Crippen molar-refractivity contribution in [3.63, 3.8) is 0 Å². The number of ether oxygens (including phenoxy) is 1. The lowest BCUT2D eigenvalue weighted by Crippen LogP contribution is -2.48. The number of allylic oxidation sites excluding steroid dienone is 3. The summed E-state index contributed by atoms with van der Waals surface area (Å²) < 4.78 is 10.7. The summed E-state index contributed by atoms with van der Waals surface area (Å²) in [6.07, 6.45) is 6.30. The molecule has 33 heavy (non-hydrogen) atoms. The molecule has 2 aromatic rings. The highest BCUT2D eigenvalue weighted by atomic mass is 16.6. The van der Waals surface area contributed by atoms with Gasteiger partial charge in [-0.25, -0.2) is 14.8 Å². The van der Waals surface area contributed by atoms with Crippen molar-refractivity contribution in [2.24, 2.45) is 0 Å². The number of dihydropyridines is 1. The standard InChI is InChI=1S/C22H26N6O5/c1-15-18(19(17-4-12-32-14-17)20(28(30)31)16(2)25-15)21(29)33-13-11-26-7-9-27(10-8-26)22-23-5-3-6-24-22/h3-6,12,14,19,25H,7-11,13H2,1-2H3. The van der Waals surface area contributed by atoms with Crippen LogP contribution in [0.5, 0.6) is 0 Å². The van der Waals surface area contributed by atoms with Gasteiger partial charge in [0.25, 0.3) is 5.70 Å². The molecule has 0 radical (unpaired) electrons. The summed E-state index contributed by atoms with van der Waals surface area (Å²) in [4.78, 5) is 37.2. The molecule has 0 saturated carbocycles. The topological polar surface area (TPSA) is 127 Å². The van der Waals surface area contributed by atoms with Gasteiger partial charge in [0.05, 0.1) is 28.7 Å². The van der Waals surface area contributed by atoms with E-state index in [9.17, 15) is 14.9 Å². The van der Waals surface area contributed by atoms with Gasteiger partial charge in [0.1, 0.15) is 12.5 Å². The predicted octanol–water partition coefficient (Wildman–Crippen LogP) is 1.90. The van der Waals surface area contributed by atoms with Crippen molar-refractivity contribution in [2.45, 2.75) is 19.8 Å². The van der Waals surface area contributed by atoms with Crippen molar-refractivity contribution in [2.75, 3.05) is 44.2 Å². The number of hydrogen-bond donors (Lipinski definition) is 1. The molecule has 2 aromatic heterocycles. The number of piperazine rings is 1. The van der Waals surface area contributed by atoms with Crippen LogP contribution in [0.4, 0.5) is 5.95 Å². The third-order valence-corrected chi connectivity index (χ3v) is 5.87. The van der Waals surface area contributed by atoms with E-state index in [1.807, 2.05) is 0 Å². The molecule has 1 fully saturated rings. The Morgan fingerprint density at radius 3 is 2.61 bits per heavy atom. The van der Waals surface area contributed by atoms with Gasteiger partial charge in [-0.05, 0) is 26.0 Å². The second kappa shape index (κ2) is 9.82. The smallest absolute Gasteiger partial charge is 0.337 e. The molecule has 0 aliphatic carbocycles. The Morgan fingerprint density at radius 1 is 1.24 bits per heavy atom. The van der Waals surface area contributed by atoms with Crippen molar-refractivity contribution in [3.05, 3.63) is 75.4 Å². The van der Waals surface area contributed by atoms with E-state index in [4.69, 9.17) is 9.15 Å². The molecule has 0 aromatic carbocycles. The zero-order valence-electron chi connectivity index (χ0n) is 18.6. The average molecular weight is 454 g/mol. The van der Waals surface area contributed by atoms with Crippen LogP contribution in [0.15, 0.2) is 64.1 Å². The van der Waals surface area contributed by atoms with E-state index >= 15 is 0 Å². The number of esters is 1. The number of rotatable bonds is 7. The quantitative estimate of drug-likeness (QED) is 0.376. The molecule has 2 aliphatic heterocycles. The van der Waals surface area contributed by atoms with E-state index in [1.165, 1.54) is 12.5 Å². The monoisotopic (exact) mass is 454 g/mol. The van der Waals surface area contributed by atoms with Crippen LogP contribution in [0.3, 0.4) is 0 Å². The van der Waals surface area contributed by atoms with Gasteiger partial charge in [-0.2, -0.15) is 0 Å². The number of anilines is 1. The van der Waals surface area contributed by atoms with Crippen LogP contribution in [-0.2, 0) is 9.53 Å². The highest BCUT2D eigenvalue weighted by molar-refractivity contribution is 5.92. The van der Waals surface area contributed by atoms with E-state index in [0.717, 1.165) is 26.2 Å². The van der Waals surface area contributed by atoms with Gasteiger partial charge in [-0.3, -0.25) is 15.0 Å². The molecule has 1 atom stereocenters. The maximum Gasteiger partial charge on any atom is 0.337 e. The average Bonchev–Trinajstić information content (AvgIpc) is 3.34. The summed E-state index contributed by atoms with van der Waals surface area (Å²) in [5.41, 5.74) is 1.59. The number of carbonyl (C=O) groups excluding carboxylic acids is 1. The number of nitrogens with one attached hydrogen (secondary N) is 1. The third-order valence-electron chi connectivity index (χ3n) is 5.87. The lowest BCUT2D eigenvalue weighted by Gasteiger charge is -2.34. The molecule has 4 heterocycles. The molecule has 0 spiro atoms. The summed E-state index contributed by atoms with van der Waals surface area (Å²) in [5.74, 6) is -0.720. The highest BCUT2D eigenvalue weighted by Crippen LogP contribution is 2.38. The number of nitro groups is 1. The van der Waals surface area contributed by atoms with Crippen molar-refractivity contribution in [1.82, 2.24) is 20.2 Å². The minimum atomic E-state index is -0.859. The highest BCUT2D eigenvalue weighted by Gasteiger charge is 2.41. The van der Waals surface area contributed by atoms with Crippen molar-refractivity contribution in [3.8, 4) is 0 Å². The normalized spacial score (nSPS) is 19.5. The molecule has 2 aliphatic rings. The number of furan rings is 1. The summed E-state index contributed by atoms with van der Waals surface area (Å²) in [7, 11) is 0. The lowest BCUT2D eigenvalue weighted by molar-refractivity contribution is -0.431. The SMILES string of the molecule is CC1=C(C(=O)OCCN2CCN(c3ncccn3)CC2)C(c2ccoc2)C([N+](=O)[O-])=C(C)N1. The van der Waals surface area contributed by atoms with Gasteiger partial charge >= 0.3 is 5.97 Å². The Hall–Kier alpha value is -3.73. The van der Waals surface area contributed by atoms with E-state index in [-0.39, 0.29) is 17.9 Å². The largest absolute Gasteiger partial charge is 0.472 e. The van der Waals surface area contributed by atoms with Crippen molar-refractivity contribution in [1.29, 1.82) is 0 Å². The van der Waals surface area contributed by atoms with Gasteiger partial charge < -0.3 is 19.4 Å². The molecular weight excluding hydrogens is 428 g/mol. The molecule has 11 nitrogen and oxygen atoms in total. The van der Waals surface area contributed by atoms with Crippen molar-refractivity contribution >= 4 is 11.9 Å². The van der Waals surface area contributed by atoms with Crippen LogP contribution in [0.1, 0.15) is 25.3 Å². The zero-order valence-corrected chi connectivity index (χ0v) is 18.6. The number of hydrogen-bond acceptors (Lipinski definition) is 10. The molecule has 1 unspecified atom stereocenters. The fraction of sp³-hybridized carbons (Fsp3) is 0.409. The molecular formula is C22H26N6O5. The molecule has 11 heteroatoms. The van der Waals surface area contributed by atoms with Crippen LogP contribution in [-0.4, -0.2) is 65.1 Å². The van der Waals surface area contributed by atoms with Crippen LogP contribution in [0.2, 0.25) is 0 Å². The maximum absolute atomic E-state index is 13.0. The summed E-state index contributed by atoms with van der Waals surface area (Å²) in [6, 6.07) is 3.42. The number of carbonyl (C=O) groups is 1. The van der Waals surface area contributed by atoms with Crippen LogP contribution in [0, 0.1) is 10.1 Å². The minimum absolute atomic E-state index is 0.0896. The molecule has 0 bridgehead atoms. The first-order valence-corrected chi connectivity index (χ1v) is 10.7. The predicted molar refractivity (Wildman–Crippen MR) is 119 cm³/mol. The first-order valence-electron chi connectivity index (χ1n) is 10.7. The van der Waals surface area contributed by atoms with Gasteiger partial charge in [0, 0.05) is 56.4 Å². The van der Waals surface area contributed by atoms with E-state index in [0.29, 0.717) is 29.5 Å². The number of aromatic nitrogens is 2. The van der Waals surface area contributed by atoms with Crippen LogP contribution < -0.4 is 10.2 Å². The van der Waals surface area contributed by atoms with E-state index in [2.05, 4.69) is 25.1 Å². The number of nitrogens with zero attached hydrogens (tertiary/aromatic N) is 5. The van der Waals surface area contributed by atoms with Gasteiger partial charge in [0.15, 0.2) is 0 Å². The zero-order chi connectivity index (χ0) is 23.4. The molecule has 4 rings (SSSR count). The lowest BCUT2D eigenvalue weighted by atomic mass is 9.85. The third kappa shape index (κ3) is 4.87. The Labute approximate surface area is 190 Å². The fourth-order valence-electron chi connectivity index (χ4n) is 4.23. The Bertz CT molecular complexity index is 1060. The molecule has 174 valence electrons. The Kier molecular flexibility index (Phi) is 6.68. The van der Waals surface area contributed by atoms with Crippen LogP contribution >= 0.6 is 0 Å². The van der Waals surface area contributed by atoms with Crippen molar-refractivity contribution < 1.29 is 18.9 Å².